The van der Waals surface area contributed by atoms with Crippen LogP contribution < -0.4 is 11.1 Å². The van der Waals surface area contributed by atoms with Gasteiger partial charge in [0.2, 0.25) is 0 Å². The lowest BCUT2D eigenvalue weighted by Gasteiger charge is -2.48. The van der Waals surface area contributed by atoms with Crippen molar-refractivity contribution < 1.29 is 4.74 Å². The summed E-state index contributed by atoms with van der Waals surface area (Å²) in [6.07, 6.45) is 2.32. The van der Waals surface area contributed by atoms with Crippen molar-refractivity contribution in [3.63, 3.8) is 0 Å². The molecule has 1 aliphatic rings. The second-order valence-corrected chi connectivity index (χ2v) is 5.93. The van der Waals surface area contributed by atoms with Gasteiger partial charge >= 0.3 is 0 Å². The summed E-state index contributed by atoms with van der Waals surface area (Å²) in [5, 5.41) is 3.59. The first-order valence-corrected chi connectivity index (χ1v) is 7.24. The van der Waals surface area contributed by atoms with E-state index in [1.54, 1.807) is 0 Å². The molecule has 0 bridgehead atoms. The fraction of sp³-hybridized carbons (Fsp3) is 0.571. The number of hydrogen-bond acceptors (Lipinski definition) is 3. The molecule has 0 radical (unpaired) electrons. The smallest absolute Gasteiger partial charge is 0.0620 e. The van der Waals surface area contributed by atoms with Crippen LogP contribution in [0.3, 0.4) is 0 Å². The molecule has 4 heteroatoms. The highest BCUT2D eigenvalue weighted by atomic mass is 79.9. The molecule has 0 aromatic heterocycles. The van der Waals surface area contributed by atoms with Crippen LogP contribution in [0.25, 0.3) is 0 Å². The van der Waals surface area contributed by atoms with E-state index < -0.39 is 0 Å². The summed E-state index contributed by atoms with van der Waals surface area (Å²) < 4.78 is 6.70. The normalized spacial score (nSPS) is 26.8. The van der Waals surface area contributed by atoms with Gasteiger partial charge in [0.25, 0.3) is 0 Å². The molecule has 0 unspecified atom stereocenters. The molecule has 0 amide bonds. The Morgan fingerprint density at radius 1 is 1.50 bits per heavy atom. The van der Waals surface area contributed by atoms with Gasteiger partial charge in [-0.3, -0.25) is 0 Å². The third-order valence-electron chi connectivity index (χ3n) is 3.55. The van der Waals surface area contributed by atoms with Gasteiger partial charge in [0.05, 0.1) is 11.6 Å². The number of aryl methyl sites for hydroxylation is 1. The van der Waals surface area contributed by atoms with Gasteiger partial charge < -0.3 is 15.8 Å². The lowest BCUT2D eigenvalue weighted by atomic mass is 9.74. The Morgan fingerprint density at radius 2 is 2.22 bits per heavy atom. The van der Waals surface area contributed by atoms with Gasteiger partial charge in [-0.15, -0.1) is 0 Å². The summed E-state index contributed by atoms with van der Waals surface area (Å²) in [4.78, 5) is 0. The predicted octanol–water partition coefficient (Wildman–Crippen LogP) is 3.07. The fourth-order valence-corrected chi connectivity index (χ4v) is 2.85. The highest BCUT2D eigenvalue weighted by Crippen LogP contribution is 2.38. The Hall–Kier alpha value is -0.580. The van der Waals surface area contributed by atoms with Crippen molar-refractivity contribution in [2.75, 3.05) is 18.5 Å². The molecule has 1 aliphatic carbocycles. The second kappa shape index (κ2) is 5.59. The summed E-state index contributed by atoms with van der Waals surface area (Å²) in [6.45, 7) is 5.54. The molecule has 2 rings (SSSR count). The van der Waals surface area contributed by atoms with Gasteiger partial charge in [-0.1, -0.05) is 6.07 Å². The minimum absolute atomic E-state index is 0.00382. The molecule has 1 saturated carbocycles. The fourth-order valence-electron chi connectivity index (χ4n) is 2.51. The molecular weight excluding hydrogens is 292 g/mol. The number of benzene rings is 1. The maximum atomic E-state index is 5.93. The molecule has 0 saturated heterocycles. The van der Waals surface area contributed by atoms with Crippen LogP contribution in [0.5, 0.6) is 0 Å². The highest BCUT2D eigenvalue weighted by Gasteiger charge is 2.44. The van der Waals surface area contributed by atoms with Crippen molar-refractivity contribution >= 4 is 21.6 Å². The first-order valence-electron chi connectivity index (χ1n) is 6.44. The van der Waals surface area contributed by atoms with Crippen molar-refractivity contribution in [3.05, 3.63) is 28.2 Å². The number of hydrogen-bond donors (Lipinski definition) is 2. The highest BCUT2D eigenvalue weighted by molar-refractivity contribution is 9.10. The Balaban J connectivity index is 2.05. The molecule has 3 N–H and O–H groups in total. The summed E-state index contributed by atoms with van der Waals surface area (Å²) in [5.74, 6) is 0. The van der Waals surface area contributed by atoms with Gasteiger partial charge in [0, 0.05) is 23.3 Å². The van der Waals surface area contributed by atoms with Gasteiger partial charge in [-0.2, -0.15) is 0 Å². The molecule has 0 heterocycles. The third kappa shape index (κ3) is 2.87. The van der Waals surface area contributed by atoms with Gasteiger partial charge in [0.1, 0.15) is 0 Å². The average Bonchev–Trinajstić information content (AvgIpc) is 2.30. The summed E-state index contributed by atoms with van der Waals surface area (Å²) in [7, 11) is 0. The molecule has 1 aromatic rings. The first kappa shape index (κ1) is 13.8. The van der Waals surface area contributed by atoms with Crippen LogP contribution in [-0.2, 0) is 4.74 Å². The van der Waals surface area contributed by atoms with Gasteiger partial charge in [-0.05, 0) is 60.3 Å². The van der Waals surface area contributed by atoms with E-state index in [1.807, 2.05) is 6.92 Å². The van der Waals surface area contributed by atoms with Crippen molar-refractivity contribution in [3.8, 4) is 0 Å². The minimum Gasteiger partial charge on any atom is -0.378 e. The van der Waals surface area contributed by atoms with Crippen molar-refractivity contribution in [2.24, 2.45) is 5.73 Å². The number of nitrogens with one attached hydrogen (secondary N) is 1. The van der Waals surface area contributed by atoms with Crippen LogP contribution in [0.15, 0.2) is 22.7 Å². The van der Waals surface area contributed by atoms with E-state index in [1.165, 1.54) is 5.56 Å². The van der Waals surface area contributed by atoms with E-state index in [9.17, 15) is 0 Å². The lowest BCUT2D eigenvalue weighted by Crippen LogP contribution is -2.58. The summed E-state index contributed by atoms with van der Waals surface area (Å²) in [6, 6.07) is 6.31. The van der Waals surface area contributed by atoms with E-state index in [0.29, 0.717) is 12.6 Å². The Kier molecular flexibility index (Phi) is 4.30. The molecule has 18 heavy (non-hydrogen) atoms. The molecule has 100 valence electrons. The van der Waals surface area contributed by atoms with Crippen LogP contribution in [0.2, 0.25) is 0 Å². The minimum atomic E-state index is -0.00382. The van der Waals surface area contributed by atoms with Crippen LogP contribution in [0.1, 0.15) is 25.3 Å². The van der Waals surface area contributed by atoms with Gasteiger partial charge in [0.15, 0.2) is 0 Å². The largest absolute Gasteiger partial charge is 0.378 e. The lowest BCUT2D eigenvalue weighted by molar-refractivity contribution is -0.0271. The first-order chi connectivity index (χ1) is 8.58. The Morgan fingerprint density at radius 3 is 2.83 bits per heavy atom. The standard InChI is InChI=1S/C14H21BrN2O/c1-3-18-11-7-14(8-11,9-16)17-13-6-10(2)4-5-12(13)15/h4-6,11,17H,3,7-9,16H2,1-2H3. The van der Waals surface area contributed by atoms with Crippen molar-refractivity contribution in [1.29, 1.82) is 0 Å². The number of rotatable bonds is 5. The SMILES string of the molecule is CCOC1CC(CN)(Nc2cc(C)ccc2Br)C1. The van der Waals surface area contributed by atoms with Gasteiger partial charge in [-0.25, -0.2) is 0 Å². The van der Waals surface area contributed by atoms with Crippen LogP contribution in [0.4, 0.5) is 5.69 Å². The zero-order valence-electron chi connectivity index (χ0n) is 11.0. The number of halogens is 1. The monoisotopic (exact) mass is 312 g/mol. The zero-order valence-corrected chi connectivity index (χ0v) is 12.6. The molecule has 3 nitrogen and oxygen atoms in total. The Bertz CT molecular complexity index is 416. The number of ether oxygens (including phenoxy) is 1. The third-order valence-corrected chi connectivity index (χ3v) is 4.24. The van der Waals surface area contributed by atoms with Crippen LogP contribution in [0, 0.1) is 6.92 Å². The van der Waals surface area contributed by atoms with Crippen LogP contribution in [-0.4, -0.2) is 24.8 Å². The molecular formula is C14H21BrN2O. The maximum Gasteiger partial charge on any atom is 0.0620 e. The molecule has 1 aromatic carbocycles. The summed E-state index contributed by atoms with van der Waals surface area (Å²) >= 11 is 3.58. The van der Waals surface area contributed by atoms with Crippen molar-refractivity contribution in [2.45, 2.75) is 38.3 Å². The number of nitrogens with two attached hydrogens (primary N) is 1. The predicted molar refractivity (Wildman–Crippen MR) is 78.9 cm³/mol. The average molecular weight is 313 g/mol. The van der Waals surface area contributed by atoms with E-state index in [2.05, 4.69) is 46.4 Å². The topological polar surface area (TPSA) is 47.3 Å². The van der Waals surface area contributed by atoms with E-state index in [0.717, 1.165) is 29.6 Å². The van der Waals surface area contributed by atoms with E-state index in [-0.39, 0.29) is 5.54 Å². The zero-order chi connectivity index (χ0) is 13.2. The molecule has 0 spiro atoms. The maximum absolute atomic E-state index is 5.93. The Labute approximate surface area is 117 Å². The molecule has 1 fully saturated rings. The van der Waals surface area contributed by atoms with Crippen molar-refractivity contribution in [1.82, 2.24) is 0 Å². The van der Waals surface area contributed by atoms with E-state index in [4.69, 9.17) is 10.5 Å². The van der Waals surface area contributed by atoms with Crippen LogP contribution >= 0.6 is 15.9 Å². The quantitative estimate of drug-likeness (QED) is 0.878. The van der Waals surface area contributed by atoms with E-state index >= 15 is 0 Å². The number of anilines is 1. The second-order valence-electron chi connectivity index (χ2n) is 5.08. The molecule has 0 aliphatic heterocycles. The summed E-state index contributed by atoms with van der Waals surface area (Å²) in [5.41, 5.74) is 8.29. The molecule has 0 atom stereocenters.